The molecule has 0 saturated heterocycles. The van der Waals surface area contributed by atoms with Gasteiger partial charge in [0, 0.05) is 6.42 Å². The van der Waals surface area contributed by atoms with Gasteiger partial charge in [-0.2, -0.15) is 0 Å². The van der Waals surface area contributed by atoms with Gasteiger partial charge >= 0.3 is 0 Å². The maximum absolute atomic E-state index is 12.0. The molecular weight excluding hydrogens is 382 g/mol. The van der Waals surface area contributed by atoms with Crippen LogP contribution in [0.3, 0.4) is 0 Å². The first-order valence-corrected chi connectivity index (χ1v) is 12.1. The lowest BCUT2D eigenvalue weighted by molar-refractivity contribution is -0.122. The van der Waals surface area contributed by atoms with Crippen LogP contribution < -0.4 is 5.32 Å². The van der Waals surface area contributed by atoms with E-state index in [1.54, 1.807) is 0 Å². The Hall–Kier alpha value is -2.13. The second-order valence-electron chi connectivity index (χ2n) is 7.98. The van der Waals surface area contributed by atoms with Crippen molar-refractivity contribution in [3.05, 3.63) is 72.9 Å². The van der Waals surface area contributed by atoms with Crippen molar-refractivity contribution in [3.63, 3.8) is 0 Å². The van der Waals surface area contributed by atoms with Crippen LogP contribution in [0.5, 0.6) is 0 Å². The predicted molar refractivity (Wildman–Crippen MR) is 134 cm³/mol. The molecule has 1 fully saturated rings. The van der Waals surface area contributed by atoms with Gasteiger partial charge in [0.1, 0.15) is 0 Å². The summed E-state index contributed by atoms with van der Waals surface area (Å²) >= 11 is 0. The van der Waals surface area contributed by atoms with Gasteiger partial charge in [-0.05, 0) is 57.8 Å². The average Bonchev–Trinajstić information content (AvgIpc) is 2.77. The lowest BCUT2D eigenvalue weighted by Gasteiger charge is -2.28. The van der Waals surface area contributed by atoms with Crippen molar-refractivity contribution in [2.75, 3.05) is 0 Å². The van der Waals surface area contributed by atoms with Crippen molar-refractivity contribution in [2.24, 2.45) is 0 Å². The maximum atomic E-state index is 12.0. The fourth-order valence-corrected chi connectivity index (χ4v) is 3.41. The smallest absolute Gasteiger partial charge is 0.220 e. The molecular formula is C28H43NO2. The Balaban J connectivity index is 1.98. The van der Waals surface area contributed by atoms with E-state index in [0.717, 1.165) is 70.6 Å². The summed E-state index contributed by atoms with van der Waals surface area (Å²) in [7, 11) is 0. The molecule has 3 nitrogen and oxygen atoms in total. The average molecular weight is 426 g/mol. The van der Waals surface area contributed by atoms with Gasteiger partial charge in [0.15, 0.2) is 0 Å². The number of nitrogens with one attached hydrogen (secondary N) is 1. The molecule has 2 N–H and O–H groups in total. The topological polar surface area (TPSA) is 49.3 Å². The molecule has 2 atom stereocenters. The molecule has 1 aliphatic rings. The minimum absolute atomic E-state index is 0.0467. The summed E-state index contributed by atoms with van der Waals surface area (Å²) in [5, 5.41) is 12.9. The van der Waals surface area contributed by atoms with Gasteiger partial charge in [-0.25, -0.2) is 0 Å². The summed E-state index contributed by atoms with van der Waals surface area (Å²) in [6.45, 7) is 2.15. The van der Waals surface area contributed by atoms with E-state index in [4.69, 9.17) is 0 Å². The molecule has 0 aromatic carbocycles. The molecule has 31 heavy (non-hydrogen) atoms. The highest BCUT2D eigenvalue weighted by molar-refractivity contribution is 5.76. The third-order valence-electron chi connectivity index (χ3n) is 5.21. The normalized spacial score (nSPS) is 20.5. The van der Waals surface area contributed by atoms with Gasteiger partial charge in [-0.15, -0.1) is 0 Å². The molecule has 0 aliphatic heterocycles. The van der Waals surface area contributed by atoms with E-state index in [9.17, 15) is 9.90 Å². The Morgan fingerprint density at radius 2 is 1.19 bits per heavy atom. The molecule has 1 saturated carbocycles. The number of amides is 1. The molecule has 3 heteroatoms. The van der Waals surface area contributed by atoms with E-state index in [2.05, 4.69) is 85.2 Å². The SMILES string of the molecule is CC/C=C\C/C=C\C/C=C\C/C=C\C/C=C\C/C=C\CCC(=O)N[C@H]1CCCC[C@@H]1O. The molecule has 1 amide bonds. The van der Waals surface area contributed by atoms with Gasteiger partial charge in [-0.1, -0.05) is 92.7 Å². The Morgan fingerprint density at radius 3 is 1.68 bits per heavy atom. The van der Waals surface area contributed by atoms with Crippen LogP contribution in [0.25, 0.3) is 0 Å². The van der Waals surface area contributed by atoms with Gasteiger partial charge < -0.3 is 10.4 Å². The van der Waals surface area contributed by atoms with E-state index in [1.165, 1.54) is 0 Å². The quantitative estimate of drug-likeness (QED) is 0.281. The second-order valence-corrected chi connectivity index (χ2v) is 7.98. The molecule has 172 valence electrons. The molecule has 1 aliphatic carbocycles. The van der Waals surface area contributed by atoms with Crippen LogP contribution in [0.15, 0.2) is 72.9 Å². The molecule has 0 radical (unpaired) electrons. The van der Waals surface area contributed by atoms with Crippen LogP contribution in [0.2, 0.25) is 0 Å². The lowest BCUT2D eigenvalue weighted by atomic mass is 9.92. The summed E-state index contributed by atoms with van der Waals surface area (Å²) in [5.74, 6) is 0.0467. The summed E-state index contributed by atoms with van der Waals surface area (Å²) in [4.78, 5) is 12.0. The minimum atomic E-state index is -0.372. The number of hydrogen-bond donors (Lipinski definition) is 2. The number of carbonyl (C=O) groups excluding carboxylic acids is 1. The third-order valence-corrected chi connectivity index (χ3v) is 5.21. The van der Waals surface area contributed by atoms with Crippen molar-refractivity contribution in [2.45, 2.75) is 96.1 Å². The van der Waals surface area contributed by atoms with Gasteiger partial charge in [0.25, 0.3) is 0 Å². The molecule has 0 spiro atoms. The highest BCUT2D eigenvalue weighted by Crippen LogP contribution is 2.18. The summed E-state index contributed by atoms with van der Waals surface area (Å²) in [6.07, 6.45) is 36.9. The molecule has 0 bridgehead atoms. The van der Waals surface area contributed by atoms with Crippen molar-refractivity contribution in [1.29, 1.82) is 0 Å². The lowest BCUT2D eigenvalue weighted by Crippen LogP contribution is -2.44. The first kappa shape index (κ1) is 26.9. The van der Waals surface area contributed by atoms with Gasteiger partial charge in [-0.3, -0.25) is 4.79 Å². The minimum Gasteiger partial charge on any atom is -0.391 e. The first-order chi connectivity index (χ1) is 15.2. The first-order valence-electron chi connectivity index (χ1n) is 12.1. The van der Waals surface area contributed by atoms with Crippen molar-refractivity contribution in [3.8, 4) is 0 Å². The van der Waals surface area contributed by atoms with Crippen molar-refractivity contribution >= 4 is 5.91 Å². The zero-order valence-corrected chi connectivity index (χ0v) is 19.4. The fraction of sp³-hybridized carbons (Fsp3) is 0.536. The Morgan fingerprint density at radius 1 is 0.742 bits per heavy atom. The number of aliphatic hydroxyl groups excluding tert-OH is 1. The standard InChI is InChI=1S/C28H43NO2/c1-2-3-4-5-6-7-8-9-10-11-12-13-14-15-16-17-18-19-20-25-28(31)29-26-23-21-22-24-27(26)30/h3-4,6-7,9-10,12-13,15-16,18-19,26-27,30H,2,5,8,11,14,17,20-25H2,1H3,(H,29,31)/b4-3-,7-6-,10-9-,13-12-,16-15-,19-18-/t26-,27-/m0/s1. The zero-order chi connectivity index (χ0) is 22.4. The van der Waals surface area contributed by atoms with E-state index < -0.39 is 0 Å². The zero-order valence-electron chi connectivity index (χ0n) is 19.4. The molecule has 0 heterocycles. The largest absolute Gasteiger partial charge is 0.391 e. The van der Waals surface area contributed by atoms with Crippen LogP contribution in [0, 0.1) is 0 Å². The highest BCUT2D eigenvalue weighted by Gasteiger charge is 2.23. The molecule has 1 rings (SSSR count). The Labute approximate surface area is 190 Å². The van der Waals surface area contributed by atoms with Crippen molar-refractivity contribution < 1.29 is 9.90 Å². The van der Waals surface area contributed by atoms with E-state index in [1.807, 2.05) is 0 Å². The summed E-state index contributed by atoms with van der Waals surface area (Å²) < 4.78 is 0. The van der Waals surface area contributed by atoms with Crippen molar-refractivity contribution in [1.82, 2.24) is 5.32 Å². The predicted octanol–water partition coefficient (Wildman–Crippen LogP) is 6.88. The number of allylic oxidation sites excluding steroid dienone is 12. The van der Waals surface area contributed by atoms with Gasteiger partial charge in [0.05, 0.1) is 12.1 Å². The molecule has 0 aromatic rings. The molecule has 0 unspecified atom stereocenters. The maximum Gasteiger partial charge on any atom is 0.220 e. The third kappa shape index (κ3) is 16.3. The van der Waals surface area contributed by atoms with E-state index >= 15 is 0 Å². The van der Waals surface area contributed by atoms with Crippen LogP contribution in [-0.2, 0) is 4.79 Å². The monoisotopic (exact) mass is 425 g/mol. The molecule has 0 aromatic heterocycles. The number of aliphatic hydroxyl groups is 1. The van der Waals surface area contributed by atoms with Gasteiger partial charge in [0.2, 0.25) is 5.91 Å². The van der Waals surface area contributed by atoms with E-state index in [0.29, 0.717) is 6.42 Å². The Bertz CT molecular complexity index is 625. The van der Waals surface area contributed by atoms with Crippen LogP contribution >= 0.6 is 0 Å². The number of hydrogen-bond acceptors (Lipinski definition) is 2. The van der Waals surface area contributed by atoms with Crippen LogP contribution in [0.1, 0.15) is 84.0 Å². The van der Waals surface area contributed by atoms with Crippen LogP contribution in [-0.4, -0.2) is 23.2 Å². The highest BCUT2D eigenvalue weighted by atomic mass is 16.3. The number of carbonyl (C=O) groups is 1. The number of rotatable bonds is 15. The fourth-order valence-electron chi connectivity index (χ4n) is 3.41. The van der Waals surface area contributed by atoms with Crippen LogP contribution in [0.4, 0.5) is 0 Å². The van der Waals surface area contributed by atoms with E-state index in [-0.39, 0.29) is 18.1 Å². The summed E-state index contributed by atoms with van der Waals surface area (Å²) in [6, 6.07) is -0.0495. The summed E-state index contributed by atoms with van der Waals surface area (Å²) in [5.41, 5.74) is 0. The Kier molecular flexibility index (Phi) is 17.2. The second kappa shape index (κ2) is 19.8.